The Kier molecular flexibility index (Phi) is 5.67. The van der Waals surface area contributed by atoms with Crippen LogP contribution in [0.25, 0.3) is 0 Å². The monoisotopic (exact) mass is 318 g/mol. The molecule has 0 aliphatic rings. The molecule has 23 heavy (non-hydrogen) atoms. The summed E-state index contributed by atoms with van der Waals surface area (Å²) >= 11 is 0. The molecule has 1 N–H and O–H groups in total. The first kappa shape index (κ1) is 16.5. The quantitative estimate of drug-likeness (QED) is 0.452. The Bertz CT molecular complexity index is 661. The molecule has 0 aliphatic heterocycles. The number of nitro groups is 1. The highest BCUT2D eigenvalue weighted by Crippen LogP contribution is 2.34. The number of hydrogen-bond donors (Lipinski definition) is 1. The van der Waals surface area contributed by atoms with Crippen molar-refractivity contribution >= 4 is 11.5 Å². The van der Waals surface area contributed by atoms with Gasteiger partial charge in [0.25, 0.3) is 0 Å². The Morgan fingerprint density at radius 2 is 1.91 bits per heavy atom. The van der Waals surface area contributed by atoms with Gasteiger partial charge in [-0.25, -0.2) is 4.98 Å². The molecule has 0 radical (unpaired) electrons. The van der Waals surface area contributed by atoms with E-state index in [1.165, 1.54) is 6.33 Å². The van der Waals surface area contributed by atoms with E-state index in [-0.39, 0.29) is 17.4 Å². The van der Waals surface area contributed by atoms with Gasteiger partial charge >= 0.3 is 11.6 Å². The standard InChI is InChI=1S/C15H18N4O4/c1-3-4-9-16-14-13(19(20)21)15(18-10-17-14)23-12-7-5-11(22-2)6-8-12/h5-8,10H,3-4,9H2,1-2H3,(H,16,17,18). The van der Waals surface area contributed by atoms with Gasteiger partial charge in [-0.2, -0.15) is 4.98 Å². The smallest absolute Gasteiger partial charge is 0.373 e. The van der Waals surface area contributed by atoms with Crippen LogP contribution in [0.1, 0.15) is 19.8 Å². The molecular formula is C15H18N4O4. The van der Waals surface area contributed by atoms with Gasteiger partial charge in [0, 0.05) is 6.54 Å². The molecule has 122 valence electrons. The van der Waals surface area contributed by atoms with E-state index in [0.29, 0.717) is 18.0 Å². The first-order chi connectivity index (χ1) is 11.2. The SMILES string of the molecule is CCCCNc1ncnc(Oc2ccc(OC)cc2)c1[N+](=O)[O-]. The van der Waals surface area contributed by atoms with Gasteiger partial charge in [0.15, 0.2) is 0 Å². The van der Waals surface area contributed by atoms with E-state index in [2.05, 4.69) is 15.3 Å². The van der Waals surface area contributed by atoms with Crippen molar-refractivity contribution < 1.29 is 14.4 Å². The van der Waals surface area contributed by atoms with Crippen molar-refractivity contribution in [2.24, 2.45) is 0 Å². The Labute approximate surface area is 133 Å². The number of rotatable bonds is 8. The van der Waals surface area contributed by atoms with E-state index in [1.54, 1.807) is 31.4 Å². The van der Waals surface area contributed by atoms with Crippen LogP contribution in [0.2, 0.25) is 0 Å². The maximum atomic E-state index is 11.4. The summed E-state index contributed by atoms with van der Waals surface area (Å²) in [5.74, 6) is 1.14. The lowest BCUT2D eigenvalue weighted by atomic mass is 10.3. The average Bonchev–Trinajstić information content (AvgIpc) is 2.55. The number of benzene rings is 1. The van der Waals surface area contributed by atoms with Crippen molar-refractivity contribution in [1.29, 1.82) is 0 Å². The molecule has 0 fully saturated rings. The fourth-order valence-electron chi connectivity index (χ4n) is 1.87. The van der Waals surface area contributed by atoms with E-state index < -0.39 is 4.92 Å². The number of anilines is 1. The van der Waals surface area contributed by atoms with Gasteiger partial charge < -0.3 is 14.8 Å². The highest BCUT2D eigenvalue weighted by molar-refractivity contribution is 5.61. The van der Waals surface area contributed by atoms with Gasteiger partial charge in [-0.15, -0.1) is 0 Å². The van der Waals surface area contributed by atoms with Crippen LogP contribution in [0.5, 0.6) is 17.4 Å². The Hall–Kier alpha value is -2.90. The molecule has 0 spiro atoms. The molecule has 2 aromatic rings. The minimum atomic E-state index is -0.548. The van der Waals surface area contributed by atoms with E-state index in [0.717, 1.165) is 12.8 Å². The topological polar surface area (TPSA) is 99.4 Å². The minimum Gasteiger partial charge on any atom is -0.497 e. The van der Waals surface area contributed by atoms with Crippen molar-refractivity contribution in [2.75, 3.05) is 19.0 Å². The lowest BCUT2D eigenvalue weighted by Crippen LogP contribution is -2.08. The highest BCUT2D eigenvalue weighted by Gasteiger charge is 2.24. The third-order valence-corrected chi connectivity index (χ3v) is 3.07. The second-order valence-corrected chi connectivity index (χ2v) is 4.69. The minimum absolute atomic E-state index is 0.103. The number of ether oxygens (including phenoxy) is 2. The molecule has 0 aliphatic carbocycles. The molecule has 1 aromatic heterocycles. The molecule has 2 rings (SSSR count). The predicted molar refractivity (Wildman–Crippen MR) is 85.2 cm³/mol. The molecule has 0 unspecified atom stereocenters. The van der Waals surface area contributed by atoms with Crippen LogP contribution in [0.3, 0.4) is 0 Å². The van der Waals surface area contributed by atoms with Crippen LogP contribution < -0.4 is 14.8 Å². The lowest BCUT2D eigenvalue weighted by Gasteiger charge is -2.09. The van der Waals surface area contributed by atoms with Crippen LogP contribution in [0.4, 0.5) is 11.5 Å². The molecule has 1 aromatic carbocycles. The molecule has 0 bridgehead atoms. The van der Waals surface area contributed by atoms with E-state index in [4.69, 9.17) is 9.47 Å². The Morgan fingerprint density at radius 3 is 2.52 bits per heavy atom. The average molecular weight is 318 g/mol. The molecule has 8 nitrogen and oxygen atoms in total. The lowest BCUT2D eigenvalue weighted by molar-refractivity contribution is -0.385. The zero-order valence-electron chi connectivity index (χ0n) is 13.0. The largest absolute Gasteiger partial charge is 0.497 e. The van der Waals surface area contributed by atoms with Crippen LogP contribution in [0, 0.1) is 10.1 Å². The van der Waals surface area contributed by atoms with Gasteiger partial charge in [0.2, 0.25) is 5.82 Å². The molecule has 0 saturated carbocycles. The zero-order valence-corrected chi connectivity index (χ0v) is 13.0. The number of methoxy groups -OCH3 is 1. The summed E-state index contributed by atoms with van der Waals surface area (Å²) < 4.78 is 10.6. The Balaban J connectivity index is 2.25. The van der Waals surface area contributed by atoms with E-state index in [9.17, 15) is 10.1 Å². The van der Waals surface area contributed by atoms with Gasteiger partial charge in [-0.05, 0) is 30.7 Å². The fraction of sp³-hybridized carbons (Fsp3) is 0.333. The third-order valence-electron chi connectivity index (χ3n) is 3.07. The maximum Gasteiger partial charge on any atom is 0.373 e. The predicted octanol–water partition coefficient (Wildman–Crippen LogP) is 3.40. The summed E-state index contributed by atoms with van der Waals surface area (Å²) in [6, 6.07) is 6.69. The second-order valence-electron chi connectivity index (χ2n) is 4.69. The summed E-state index contributed by atoms with van der Waals surface area (Å²) in [6.07, 6.45) is 3.09. The van der Waals surface area contributed by atoms with Gasteiger partial charge in [0.1, 0.15) is 17.8 Å². The summed E-state index contributed by atoms with van der Waals surface area (Å²) in [7, 11) is 1.55. The van der Waals surface area contributed by atoms with Gasteiger partial charge in [-0.3, -0.25) is 10.1 Å². The number of aromatic nitrogens is 2. The second kappa shape index (κ2) is 7.92. The number of nitrogens with one attached hydrogen (secondary N) is 1. The summed E-state index contributed by atoms with van der Waals surface area (Å²) in [5, 5.41) is 14.3. The van der Waals surface area contributed by atoms with Crippen molar-refractivity contribution in [2.45, 2.75) is 19.8 Å². The van der Waals surface area contributed by atoms with Crippen LogP contribution >= 0.6 is 0 Å². The van der Waals surface area contributed by atoms with E-state index >= 15 is 0 Å². The fourth-order valence-corrected chi connectivity index (χ4v) is 1.87. The number of unbranched alkanes of at least 4 members (excludes halogenated alkanes) is 1. The molecule has 8 heteroatoms. The molecule has 0 saturated heterocycles. The Morgan fingerprint density at radius 1 is 1.22 bits per heavy atom. The summed E-state index contributed by atoms with van der Waals surface area (Å²) in [4.78, 5) is 18.6. The van der Waals surface area contributed by atoms with Gasteiger partial charge in [0.05, 0.1) is 12.0 Å². The summed E-state index contributed by atoms with van der Waals surface area (Å²) in [5.41, 5.74) is -0.278. The van der Waals surface area contributed by atoms with Crippen LogP contribution in [-0.2, 0) is 0 Å². The molecular weight excluding hydrogens is 300 g/mol. The molecule has 1 heterocycles. The van der Waals surface area contributed by atoms with Gasteiger partial charge in [-0.1, -0.05) is 13.3 Å². The third kappa shape index (κ3) is 4.29. The van der Waals surface area contributed by atoms with Crippen LogP contribution in [-0.4, -0.2) is 28.5 Å². The van der Waals surface area contributed by atoms with Crippen molar-refractivity contribution in [3.05, 3.63) is 40.7 Å². The normalized spacial score (nSPS) is 10.2. The molecule has 0 atom stereocenters. The first-order valence-corrected chi connectivity index (χ1v) is 7.21. The molecule has 0 amide bonds. The van der Waals surface area contributed by atoms with Crippen molar-refractivity contribution in [1.82, 2.24) is 9.97 Å². The van der Waals surface area contributed by atoms with Crippen LogP contribution in [0.15, 0.2) is 30.6 Å². The van der Waals surface area contributed by atoms with E-state index in [1.807, 2.05) is 6.92 Å². The zero-order chi connectivity index (χ0) is 16.7. The highest BCUT2D eigenvalue weighted by atomic mass is 16.6. The van der Waals surface area contributed by atoms with Crippen molar-refractivity contribution in [3.63, 3.8) is 0 Å². The van der Waals surface area contributed by atoms with Crippen molar-refractivity contribution in [3.8, 4) is 17.4 Å². The number of nitrogens with zero attached hydrogens (tertiary/aromatic N) is 3. The number of hydrogen-bond acceptors (Lipinski definition) is 7. The summed E-state index contributed by atoms with van der Waals surface area (Å²) in [6.45, 7) is 2.63. The maximum absolute atomic E-state index is 11.4. The first-order valence-electron chi connectivity index (χ1n) is 7.21.